The molecule has 0 saturated carbocycles. The van der Waals surface area contributed by atoms with E-state index in [0.717, 1.165) is 12.8 Å². The Kier molecular flexibility index (Phi) is 8.11. The van der Waals surface area contributed by atoms with Crippen LogP contribution < -0.4 is 5.32 Å². The van der Waals surface area contributed by atoms with Crippen LogP contribution in [0.5, 0.6) is 0 Å². The first-order chi connectivity index (χ1) is 8.51. The Morgan fingerprint density at radius 1 is 1.17 bits per heavy atom. The molecule has 18 heavy (non-hydrogen) atoms. The van der Waals surface area contributed by atoms with Crippen molar-refractivity contribution in [1.82, 2.24) is 10.2 Å². The molecule has 1 unspecified atom stereocenters. The number of aliphatic hydroxyl groups is 1. The molecule has 2 amide bonds. The van der Waals surface area contributed by atoms with E-state index >= 15 is 0 Å². The highest BCUT2D eigenvalue weighted by molar-refractivity contribution is 5.82. The fraction of sp³-hybridized carbons (Fsp3) is 0.833. The van der Waals surface area contributed by atoms with E-state index in [0.29, 0.717) is 6.42 Å². The number of nitrogens with one attached hydrogen (secondary N) is 1. The van der Waals surface area contributed by atoms with Gasteiger partial charge >= 0.3 is 12.0 Å². The first kappa shape index (κ1) is 16.7. The molecule has 0 aromatic carbocycles. The highest BCUT2D eigenvalue weighted by Gasteiger charge is 2.24. The third-order valence-corrected chi connectivity index (χ3v) is 2.99. The average molecular weight is 260 g/mol. The van der Waals surface area contributed by atoms with Crippen molar-refractivity contribution in [2.45, 2.75) is 52.1 Å². The molecular weight excluding hydrogens is 236 g/mol. The van der Waals surface area contributed by atoms with Gasteiger partial charge in [-0.05, 0) is 19.3 Å². The van der Waals surface area contributed by atoms with Gasteiger partial charge in [0.15, 0.2) is 0 Å². The van der Waals surface area contributed by atoms with Crippen molar-refractivity contribution in [3.63, 3.8) is 0 Å². The number of rotatable bonds is 8. The zero-order chi connectivity index (χ0) is 14.1. The maximum Gasteiger partial charge on any atom is 0.326 e. The highest BCUT2D eigenvalue weighted by atomic mass is 16.4. The molecule has 0 saturated heterocycles. The van der Waals surface area contributed by atoms with Crippen molar-refractivity contribution in [3.05, 3.63) is 0 Å². The molecule has 6 heteroatoms. The molecule has 0 aromatic rings. The van der Waals surface area contributed by atoms with Crippen molar-refractivity contribution >= 4 is 12.0 Å². The zero-order valence-corrected chi connectivity index (χ0v) is 11.3. The third kappa shape index (κ3) is 4.91. The van der Waals surface area contributed by atoms with Crippen LogP contribution >= 0.6 is 0 Å². The zero-order valence-electron chi connectivity index (χ0n) is 11.3. The Morgan fingerprint density at radius 3 is 2.06 bits per heavy atom. The minimum absolute atomic E-state index is 0.0171. The smallest absolute Gasteiger partial charge is 0.326 e. The first-order valence-electron chi connectivity index (χ1n) is 6.42. The predicted octanol–water partition coefficient (Wildman–Crippen LogP) is 1.04. The molecule has 0 radical (unpaired) electrons. The number of aliphatic carboxylic acids is 1. The molecule has 0 spiro atoms. The highest BCUT2D eigenvalue weighted by Crippen LogP contribution is 2.09. The summed E-state index contributed by atoms with van der Waals surface area (Å²) in [5.74, 6) is -1.04. The summed E-state index contributed by atoms with van der Waals surface area (Å²) in [6.07, 6.45) is 1.87. The van der Waals surface area contributed by atoms with Gasteiger partial charge in [0.1, 0.15) is 6.04 Å². The van der Waals surface area contributed by atoms with Gasteiger partial charge in [-0.1, -0.05) is 20.8 Å². The van der Waals surface area contributed by atoms with Gasteiger partial charge in [0, 0.05) is 12.6 Å². The van der Waals surface area contributed by atoms with E-state index < -0.39 is 18.0 Å². The molecule has 106 valence electrons. The number of carbonyl (C=O) groups excluding carboxylic acids is 1. The molecule has 0 bridgehead atoms. The molecule has 0 aliphatic heterocycles. The summed E-state index contributed by atoms with van der Waals surface area (Å²) in [7, 11) is 0. The minimum atomic E-state index is -1.04. The van der Waals surface area contributed by atoms with Gasteiger partial charge in [0.25, 0.3) is 0 Å². The third-order valence-electron chi connectivity index (χ3n) is 2.99. The lowest BCUT2D eigenvalue weighted by Crippen LogP contribution is -2.51. The van der Waals surface area contributed by atoms with Crippen LogP contribution in [0.15, 0.2) is 0 Å². The SMILES string of the molecule is CCC(NC(=O)N(CCO)C(CC)CC)C(=O)O. The summed E-state index contributed by atoms with van der Waals surface area (Å²) in [4.78, 5) is 24.4. The molecule has 0 aliphatic carbocycles. The lowest BCUT2D eigenvalue weighted by atomic mass is 10.1. The molecule has 0 rings (SSSR count). The normalized spacial score (nSPS) is 12.3. The van der Waals surface area contributed by atoms with Crippen LogP contribution in [0.3, 0.4) is 0 Å². The van der Waals surface area contributed by atoms with Gasteiger partial charge in [-0.25, -0.2) is 9.59 Å². The van der Waals surface area contributed by atoms with Crippen molar-refractivity contribution in [2.75, 3.05) is 13.2 Å². The number of aliphatic hydroxyl groups excluding tert-OH is 1. The molecule has 3 N–H and O–H groups in total. The summed E-state index contributed by atoms with van der Waals surface area (Å²) in [5, 5.41) is 20.4. The van der Waals surface area contributed by atoms with Gasteiger partial charge in [-0.15, -0.1) is 0 Å². The number of carboxylic acids is 1. The fourth-order valence-electron chi connectivity index (χ4n) is 1.86. The van der Waals surface area contributed by atoms with E-state index in [1.807, 2.05) is 13.8 Å². The molecule has 0 aromatic heterocycles. The topological polar surface area (TPSA) is 89.9 Å². The number of urea groups is 1. The van der Waals surface area contributed by atoms with Crippen LogP contribution in [0.2, 0.25) is 0 Å². The Hall–Kier alpha value is -1.30. The van der Waals surface area contributed by atoms with Gasteiger partial charge in [0.05, 0.1) is 6.61 Å². The van der Waals surface area contributed by atoms with Crippen LogP contribution in [0, 0.1) is 0 Å². The van der Waals surface area contributed by atoms with Crippen LogP contribution in [0.4, 0.5) is 4.79 Å². The fourth-order valence-corrected chi connectivity index (χ4v) is 1.86. The molecule has 0 aliphatic rings. The van der Waals surface area contributed by atoms with Gasteiger partial charge in [-0.2, -0.15) is 0 Å². The van der Waals surface area contributed by atoms with E-state index in [1.54, 1.807) is 6.92 Å². The maximum absolute atomic E-state index is 12.0. The van der Waals surface area contributed by atoms with Gasteiger partial charge in [-0.3, -0.25) is 0 Å². The Balaban J connectivity index is 4.69. The summed E-state index contributed by atoms with van der Waals surface area (Å²) in [6.45, 7) is 5.70. The predicted molar refractivity (Wildman–Crippen MR) is 68.4 cm³/mol. The quantitative estimate of drug-likeness (QED) is 0.608. The summed E-state index contributed by atoms with van der Waals surface area (Å²) < 4.78 is 0. The van der Waals surface area contributed by atoms with Crippen LogP contribution in [-0.4, -0.2) is 52.3 Å². The maximum atomic E-state index is 12.0. The lowest BCUT2D eigenvalue weighted by molar-refractivity contribution is -0.139. The van der Waals surface area contributed by atoms with Crippen LogP contribution in [0.25, 0.3) is 0 Å². The minimum Gasteiger partial charge on any atom is -0.480 e. The van der Waals surface area contributed by atoms with Crippen LogP contribution in [-0.2, 0) is 4.79 Å². The second kappa shape index (κ2) is 8.74. The largest absolute Gasteiger partial charge is 0.480 e. The Labute approximate surface area is 108 Å². The number of carbonyl (C=O) groups is 2. The standard InChI is InChI=1S/C12H24N2O4/c1-4-9(5-2)14(7-8-15)12(18)13-10(6-3)11(16)17/h9-10,15H,4-8H2,1-3H3,(H,13,18)(H,16,17). The van der Waals surface area contributed by atoms with Crippen LogP contribution in [0.1, 0.15) is 40.0 Å². The number of hydrogen-bond donors (Lipinski definition) is 3. The van der Waals surface area contributed by atoms with E-state index in [4.69, 9.17) is 10.2 Å². The Morgan fingerprint density at radius 2 is 1.72 bits per heavy atom. The molecule has 0 fully saturated rings. The van der Waals surface area contributed by atoms with E-state index in [2.05, 4.69) is 5.32 Å². The second-order valence-electron chi connectivity index (χ2n) is 4.14. The summed E-state index contributed by atoms with van der Waals surface area (Å²) in [6, 6.07) is -1.29. The molecular formula is C12H24N2O4. The van der Waals surface area contributed by atoms with Gasteiger partial charge < -0.3 is 20.4 Å². The van der Waals surface area contributed by atoms with Gasteiger partial charge in [0.2, 0.25) is 0 Å². The monoisotopic (exact) mass is 260 g/mol. The summed E-state index contributed by atoms with van der Waals surface area (Å²) in [5.41, 5.74) is 0. The average Bonchev–Trinajstić information content (AvgIpc) is 2.35. The van der Waals surface area contributed by atoms with Crippen molar-refractivity contribution in [1.29, 1.82) is 0 Å². The number of nitrogens with zero attached hydrogens (tertiary/aromatic N) is 1. The molecule has 6 nitrogen and oxygen atoms in total. The van der Waals surface area contributed by atoms with Crippen molar-refractivity contribution < 1.29 is 19.8 Å². The number of carboxylic acid groups (broad SMARTS) is 1. The lowest BCUT2D eigenvalue weighted by Gasteiger charge is -2.31. The number of amides is 2. The first-order valence-corrected chi connectivity index (χ1v) is 6.42. The second-order valence-corrected chi connectivity index (χ2v) is 4.14. The van der Waals surface area contributed by atoms with E-state index in [1.165, 1.54) is 4.90 Å². The molecule has 0 heterocycles. The summed E-state index contributed by atoms with van der Waals surface area (Å²) >= 11 is 0. The van der Waals surface area contributed by atoms with E-state index in [9.17, 15) is 9.59 Å². The van der Waals surface area contributed by atoms with E-state index in [-0.39, 0.29) is 19.2 Å². The Bertz CT molecular complexity index is 267. The van der Waals surface area contributed by atoms with Crippen molar-refractivity contribution in [2.24, 2.45) is 0 Å². The number of hydrogen-bond acceptors (Lipinski definition) is 3. The van der Waals surface area contributed by atoms with Crippen molar-refractivity contribution in [3.8, 4) is 0 Å². The molecule has 1 atom stereocenters.